The standard InChI is InChI=1S/C34H31F3N4O4S/c1-3-40-29-7-5-4-6-26(29)27-20-23(10-14-30(27)40)32-38-28-21-24(11-15-31(28)41(32)17-18-45-2)33(42)39-46(43,44)19-16-22-8-12-25(13-9-22)34(35,36)37/h4-15,20-21H,3,16-19H2,1-2H3,(H,39,42). The number of benzene rings is 4. The van der Waals surface area contributed by atoms with Gasteiger partial charge in [0.05, 0.1) is 29.0 Å². The zero-order valence-electron chi connectivity index (χ0n) is 25.1. The summed E-state index contributed by atoms with van der Waals surface area (Å²) in [6, 6.07) is 23.5. The molecule has 238 valence electrons. The number of sulfonamides is 1. The molecule has 6 aromatic rings. The molecule has 0 aliphatic carbocycles. The van der Waals surface area contributed by atoms with Crippen molar-refractivity contribution in [2.75, 3.05) is 19.5 Å². The molecule has 0 bridgehead atoms. The van der Waals surface area contributed by atoms with Crippen molar-refractivity contribution in [2.24, 2.45) is 0 Å². The molecule has 0 spiro atoms. The summed E-state index contributed by atoms with van der Waals surface area (Å²) in [5, 5.41) is 2.24. The summed E-state index contributed by atoms with van der Waals surface area (Å²) in [6.45, 7) is 3.86. The predicted octanol–water partition coefficient (Wildman–Crippen LogP) is 6.80. The first-order valence-electron chi connectivity index (χ1n) is 14.7. The van der Waals surface area contributed by atoms with Crippen LogP contribution < -0.4 is 4.72 Å². The lowest BCUT2D eigenvalue weighted by molar-refractivity contribution is -0.137. The van der Waals surface area contributed by atoms with Crippen molar-refractivity contribution in [1.82, 2.24) is 18.8 Å². The van der Waals surface area contributed by atoms with Gasteiger partial charge in [-0.1, -0.05) is 30.3 Å². The molecule has 0 radical (unpaired) electrons. The molecule has 0 atom stereocenters. The molecule has 0 aliphatic rings. The number of hydrogen-bond acceptors (Lipinski definition) is 5. The highest BCUT2D eigenvalue weighted by Gasteiger charge is 2.30. The number of para-hydroxylation sites is 1. The number of carbonyl (C=O) groups is 1. The number of alkyl halides is 3. The maximum Gasteiger partial charge on any atom is 0.416 e. The molecule has 8 nitrogen and oxygen atoms in total. The van der Waals surface area contributed by atoms with Gasteiger partial charge >= 0.3 is 6.18 Å². The molecule has 0 unspecified atom stereocenters. The Morgan fingerprint density at radius 2 is 1.61 bits per heavy atom. The van der Waals surface area contributed by atoms with E-state index in [1.807, 2.05) is 22.8 Å². The highest BCUT2D eigenvalue weighted by Crippen LogP contribution is 2.34. The zero-order valence-corrected chi connectivity index (χ0v) is 26.0. The maximum atomic E-state index is 13.0. The van der Waals surface area contributed by atoms with Crippen LogP contribution in [0.3, 0.4) is 0 Å². The Balaban J connectivity index is 1.28. The van der Waals surface area contributed by atoms with Crippen LogP contribution in [-0.4, -0.2) is 47.9 Å². The first-order valence-corrected chi connectivity index (χ1v) is 16.4. The number of methoxy groups -OCH3 is 1. The average molecular weight is 649 g/mol. The molecule has 1 N–H and O–H groups in total. The Labute approximate surface area is 263 Å². The minimum atomic E-state index is -4.48. The predicted molar refractivity (Wildman–Crippen MR) is 172 cm³/mol. The van der Waals surface area contributed by atoms with Gasteiger partial charge < -0.3 is 13.9 Å². The van der Waals surface area contributed by atoms with E-state index in [4.69, 9.17) is 9.72 Å². The number of amides is 1. The summed E-state index contributed by atoms with van der Waals surface area (Å²) >= 11 is 0. The fourth-order valence-electron chi connectivity index (χ4n) is 5.80. The second kappa shape index (κ2) is 12.3. The Bertz CT molecular complexity index is 2190. The van der Waals surface area contributed by atoms with E-state index in [1.54, 1.807) is 19.2 Å². The lowest BCUT2D eigenvalue weighted by Crippen LogP contribution is -2.33. The number of hydrogen-bond donors (Lipinski definition) is 1. The second-order valence-corrected chi connectivity index (χ2v) is 12.8. The number of nitrogens with zero attached hydrogens (tertiary/aromatic N) is 3. The summed E-state index contributed by atoms with van der Waals surface area (Å²) in [5.41, 5.74) is 4.10. The van der Waals surface area contributed by atoms with E-state index in [0.29, 0.717) is 30.1 Å². The van der Waals surface area contributed by atoms with Crippen LogP contribution in [0.1, 0.15) is 28.4 Å². The van der Waals surface area contributed by atoms with Crippen molar-refractivity contribution in [2.45, 2.75) is 32.6 Å². The SMILES string of the molecule is CCn1c2ccccc2c2cc(-c3nc4cc(C(=O)NS(=O)(=O)CCc5ccc(C(F)(F)F)cc5)ccc4n3CCOC)ccc21. The van der Waals surface area contributed by atoms with Crippen LogP contribution in [0.25, 0.3) is 44.2 Å². The normalized spacial score (nSPS) is 12.4. The Kier molecular flexibility index (Phi) is 8.34. The molecule has 2 aromatic heterocycles. The van der Waals surface area contributed by atoms with Crippen molar-refractivity contribution < 1.29 is 31.1 Å². The van der Waals surface area contributed by atoms with E-state index >= 15 is 0 Å². The molecule has 0 saturated carbocycles. The second-order valence-electron chi connectivity index (χ2n) is 11.0. The van der Waals surface area contributed by atoms with Crippen LogP contribution in [0.15, 0.2) is 84.9 Å². The van der Waals surface area contributed by atoms with Gasteiger partial charge in [0, 0.05) is 53.1 Å². The monoisotopic (exact) mass is 648 g/mol. The third kappa shape index (κ3) is 6.10. The number of halogens is 3. The number of ether oxygens (including phenoxy) is 1. The van der Waals surface area contributed by atoms with Gasteiger partial charge in [-0.25, -0.2) is 18.1 Å². The van der Waals surface area contributed by atoms with Crippen LogP contribution in [0.4, 0.5) is 13.2 Å². The molecule has 12 heteroatoms. The average Bonchev–Trinajstić information content (AvgIpc) is 3.56. The number of rotatable bonds is 10. The molecule has 2 heterocycles. The summed E-state index contributed by atoms with van der Waals surface area (Å²) < 4.78 is 75.6. The quantitative estimate of drug-likeness (QED) is 0.176. The summed E-state index contributed by atoms with van der Waals surface area (Å²) in [7, 11) is -2.47. The summed E-state index contributed by atoms with van der Waals surface area (Å²) in [4.78, 5) is 17.9. The minimum absolute atomic E-state index is 0.0612. The van der Waals surface area contributed by atoms with Gasteiger partial charge in [0.1, 0.15) is 5.82 Å². The number of imidazole rings is 1. The van der Waals surface area contributed by atoms with E-state index in [0.717, 1.165) is 51.6 Å². The first kappa shape index (κ1) is 31.3. The molecule has 0 fully saturated rings. The van der Waals surface area contributed by atoms with Crippen LogP contribution in [0.5, 0.6) is 0 Å². The van der Waals surface area contributed by atoms with Crippen molar-refractivity contribution in [3.63, 3.8) is 0 Å². The van der Waals surface area contributed by atoms with E-state index in [-0.39, 0.29) is 12.0 Å². The summed E-state index contributed by atoms with van der Waals surface area (Å²) in [5.74, 6) is -0.612. The fraction of sp³-hybridized carbons (Fsp3) is 0.235. The van der Waals surface area contributed by atoms with E-state index in [2.05, 4.69) is 40.5 Å². The van der Waals surface area contributed by atoms with Crippen molar-refractivity contribution >= 4 is 48.8 Å². The molecule has 46 heavy (non-hydrogen) atoms. The van der Waals surface area contributed by atoms with Gasteiger partial charge in [0.25, 0.3) is 5.91 Å². The van der Waals surface area contributed by atoms with Gasteiger partial charge in [-0.05, 0) is 73.5 Å². The van der Waals surface area contributed by atoms with Crippen LogP contribution in [0, 0.1) is 0 Å². The molecular formula is C34H31F3N4O4S. The van der Waals surface area contributed by atoms with Crippen molar-refractivity contribution in [3.8, 4) is 11.4 Å². The molecule has 0 saturated heterocycles. The number of nitrogens with one attached hydrogen (secondary N) is 1. The molecule has 0 aliphatic heterocycles. The van der Waals surface area contributed by atoms with E-state index in [1.165, 1.54) is 18.2 Å². The molecular weight excluding hydrogens is 617 g/mol. The van der Waals surface area contributed by atoms with Gasteiger partial charge in [-0.2, -0.15) is 13.2 Å². The lowest BCUT2D eigenvalue weighted by atomic mass is 10.1. The zero-order chi connectivity index (χ0) is 32.6. The number of aromatic nitrogens is 3. The van der Waals surface area contributed by atoms with E-state index < -0.39 is 33.4 Å². The number of carbonyl (C=O) groups excluding carboxylic acids is 1. The third-order valence-corrected chi connectivity index (χ3v) is 9.30. The third-order valence-electron chi connectivity index (χ3n) is 8.07. The molecule has 6 rings (SSSR count). The van der Waals surface area contributed by atoms with Crippen LogP contribution >= 0.6 is 0 Å². The van der Waals surface area contributed by atoms with Crippen LogP contribution in [0.2, 0.25) is 0 Å². The van der Waals surface area contributed by atoms with Crippen molar-refractivity contribution in [3.05, 3.63) is 102 Å². The smallest absolute Gasteiger partial charge is 0.383 e. The number of aryl methyl sites for hydroxylation is 2. The van der Waals surface area contributed by atoms with Gasteiger partial charge in [-0.15, -0.1) is 0 Å². The van der Waals surface area contributed by atoms with Gasteiger partial charge in [0.15, 0.2) is 0 Å². The van der Waals surface area contributed by atoms with Gasteiger partial charge in [-0.3, -0.25) is 4.79 Å². The van der Waals surface area contributed by atoms with E-state index in [9.17, 15) is 26.4 Å². The maximum absolute atomic E-state index is 13.0. The molecule has 1 amide bonds. The van der Waals surface area contributed by atoms with Crippen LogP contribution in [-0.2, 0) is 40.4 Å². The first-order chi connectivity index (χ1) is 22.0. The highest BCUT2D eigenvalue weighted by molar-refractivity contribution is 7.90. The Hall–Kier alpha value is -4.68. The summed E-state index contributed by atoms with van der Waals surface area (Å²) in [6.07, 6.45) is -4.54. The minimum Gasteiger partial charge on any atom is -0.383 e. The van der Waals surface area contributed by atoms with Crippen molar-refractivity contribution in [1.29, 1.82) is 0 Å². The molecule has 4 aromatic carbocycles. The highest BCUT2D eigenvalue weighted by atomic mass is 32.2. The largest absolute Gasteiger partial charge is 0.416 e. The lowest BCUT2D eigenvalue weighted by Gasteiger charge is -2.10. The Morgan fingerprint density at radius 1 is 0.891 bits per heavy atom. The van der Waals surface area contributed by atoms with Gasteiger partial charge in [0.2, 0.25) is 10.0 Å². The Morgan fingerprint density at radius 3 is 2.33 bits per heavy atom. The number of fused-ring (bicyclic) bond motifs is 4. The topological polar surface area (TPSA) is 95.2 Å². The fourth-order valence-corrected chi connectivity index (χ4v) is 6.80.